The minimum Gasteiger partial charge on any atom is -0.270 e. The summed E-state index contributed by atoms with van der Waals surface area (Å²) in [6.07, 6.45) is 3.52. The predicted octanol–water partition coefficient (Wildman–Crippen LogP) is 2.78. The van der Waals surface area contributed by atoms with Crippen molar-refractivity contribution in [2.24, 2.45) is 4.99 Å². The van der Waals surface area contributed by atoms with Crippen molar-refractivity contribution in [2.75, 3.05) is 13.6 Å². The van der Waals surface area contributed by atoms with E-state index >= 15 is 0 Å². The van der Waals surface area contributed by atoms with Crippen LogP contribution in [-0.4, -0.2) is 45.7 Å². The lowest BCUT2D eigenvalue weighted by Crippen LogP contribution is -2.62. The molecule has 2 aromatic rings. The predicted molar refractivity (Wildman–Crippen MR) is 106 cm³/mol. The van der Waals surface area contributed by atoms with Crippen molar-refractivity contribution in [3.63, 3.8) is 0 Å². The molecule has 1 saturated heterocycles. The van der Waals surface area contributed by atoms with E-state index in [1.54, 1.807) is 7.05 Å². The van der Waals surface area contributed by atoms with Gasteiger partial charge in [0.15, 0.2) is 0 Å². The summed E-state index contributed by atoms with van der Waals surface area (Å²) in [7, 11) is 1.70. The molecule has 0 aliphatic carbocycles. The molecule has 3 amide bonds. The number of hydrogen-bond donors (Lipinski definition) is 0. The van der Waals surface area contributed by atoms with Gasteiger partial charge in [0.1, 0.15) is 11.9 Å². The molecule has 1 aromatic heterocycles. The summed E-state index contributed by atoms with van der Waals surface area (Å²) in [6, 6.07) is 9.47. The molecule has 1 fully saturated rings. The van der Waals surface area contributed by atoms with Crippen LogP contribution in [0.4, 0.5) is 10.7 Å². The lowest BCUT2D eigenvalue weighted by atomic mass is 10.1. The van der Waals surface area contributed by atoms with Crippen LogP contribution in [-0.2, 0) is 11.2 Å². The van der Waals surface area contributed by atoms with Gasteiger partial charge in [0.2, 0.25) is 11.9 Å². The van der Waals surface area contributed by atoms with Crippen LogP contribution in [0.5, 0.6) is 0 Å². The lowest BCUT2D eigenvalue weighted by Gasteiger charge is -2.33. The highest BCUT2D eigenvalue weighted by atomic mass is 16.2. The maximum absolute atomic E-state index is 13.2. The molecule has 1 unspecified atom stereocenters. The Kier molecular flexibility index (Phi) is 4.53. The van der Waals surface area contributed by atoms with Gasteiger partial charge in [0.05, 0.1) is 6.04 Å². The molecule has 0 radical (unpaired) electrons. The Morgan fingerprint density at radius 1 is 1.18 bits per heavy atom. The van der Waals surface area contributed by atoms with Gasteiger partial charge in [-0.05, 0) is 39.2 Å². The normalized spacial score (nSPS) is 18.6. The number of fused-ring (bicyclic) bond motifs is 3. The number of carbonyl (C=O) groups excluding carboxylic acids is 2. The Morgan fingerprint density at radius 3 is 2.57 bits per heavy atom. The summed E-state index contributed by atoms with van der Waals surface area (Å²) in [5.74, 6) is 1.05. The first kappa shape index (κ1) is 18.4. The minimum atomic E-state index is -0.562. The molecule has 0 saturated carbocycles. The number of benzene rings is 1. The second-order valence-electron chi connectivity index (χ2n) is 7.73. The summed E-state index contributed by atoms with van der Waals surface area (Å²) in [5.41, 5.74) is 2.26. The Bertz CT molecular complexity index is 961. The number of urea groups is 1. The molecule has 3 heterocycles. The maximum Gasteiger partial charge on any atom is 0.402 e. The van der Waals surface area contributed by atoms with Crippen LogP contribution in [0.15, 0.2) is 41.5 Å². The average molecular weight is 380 g/mol. The first-order valence-corrected chi connectivity index (χ1v) is 9.74. The summed E-state index contributed by atoms with van der Waals surface area (Å²) < 4.78 is 4.00. The van der Waals surface area contributed by atoms with E-state index in [0.717, 1.165) is 24.5 Å². The van der Waals surface area contributed by atoms with E-state index in [1.165, 1.54) is 15.4 Å². The number of aromatic nitrogens is 2. The first-order chi connectivity index (χ1) is 13.4. The number of amidine groups is 1. The number of imidazole rings is 1. The molecular formula is C21H26N5O2+. The van der Waals surface area contributed by atoms with Crippen LogP contribution in [0.3, 0.4) is 0 Å². The number of aryl methyl sites for hydroxylation is 2. The zero-order valence-corrected chi connectivity index (χ0v) is 16.8. The molecule has 1 atom stereocenters. The average Bonchev–Trinajstić information content (AvgIpc) is 3.17. The number of likely N-dealkylation sites (N-methyl/N-ethyl adjacent to an activating group) is 1. The van der Waals surface area contributed by atoms with Gasteiger partial charge in [-0.15, -0.1) is 0 Å². The summed E-state index contributed by atoms with van der Waals surface area (Å²) in [6.45, 7) is 6.59. The molecule has 0 N–H and O–H groups in total. The third-order valence-corrected chi connectivity index (χ3v) is 5.46. The van der Waals surface area contributed by atoms with Crippen LogP contribution in [0.2, 0.25) is 0 Å². The largest absolute Gasteiger partial charge is 0.402 e. The molecule has 2 aliphatic heterocycles. The van der Waals surface area contributed by atoms with E-state index in [1.807, 2.05) is 35.9 Å². The van der Waals surface area contributed by atoms with Crippen molar-refractivity contribution < 1.29 is 14.2 Å². The molecule has 4 rings (SSSR count). The molecule has 0 bridgehead atoms. The third-order valence-electron chi connectivity index (χ3n) is 5.46. The molecule has 1 aromatic carbocycles. The lowest BCUT2D eigenvalue weighted by molar-refractivity contribution is -0.677. The Hall–Kier alpha value is -2.96. The van der Waals surface area contributed by atoms with Gasteiger partial charge >= 0.3 is 12.0 Å². The smallest absolute Gasteiger partial charge is 0.270 e. The number of hydrogen-bond acceptors (Lipinski definition) is 3. The van der Waals surface area contributed by atoms with E-state index in [9.17, 15) is 9.59 Å². The highest BCUT2D eigenvalue weighted by Crippen LogP contribution is 2.31. The first-order valence-electron chi connectivity index (χ1n) is 9.74. The van der Waals surface area contributed by atoms with Gasteiger partial charge in [-0.1, -0.05) is 35.3 Å². The van der Waals surface area contributed by atoms with E-state index in [4.69, 9.17) is 0 Å². The van der Waals surface area contributed by atoms with E-state index in [0.29, 0.717) is 12.4 Å². The topological polar surface area (TPSA) is 61.8 Å². The van der Waals surface area contributed by atoms with E-state index in [2.05, 4.69) is 35.5 Å². The van der Waals surface area contributed by atoms with Crippen molar-refractivity contribution in [1.82, 2.24) is 14.4 Å². The van der Waals surface area contributed by atoms with Crippen molar-refractivity contribution in [3.8, 4) is 0 Å². The number of imide groups is 1. The molecule has 28 heavy (non-hydrogen) atoms. The van der Waals surface area contributed by atoms with Gasteiger partial charge in [0, 0.05) is 13.6 Å². The maximum atomic E-state index is 13.2. The van der Waals surface area contributed by atoms with Crippen LogP contribution < -0.4 is 4.57 Å². The highest BCUT2D eigenvalue weighted by Gasteiger charge is 2.53. The summed E-state index contributed by atoms with van der Waals surface area (Å²) in [5, 5.41) is 0. The van der Waals surface area contributed by atoms with Crippen LogP contribution in [0.25, 0.3) is 0 Å². The molecule has 7 nitrogen and oxygen atoms in total. The Balaban J connectivity index is 1.58. The van der Waals surface area contributed by atoms with E-state index in [-0.39, 0.29) is 18.0 Å². The van der Waals surface area contributed by atoms with Crippen LogP contribution in [0, 0.1) is 6.92 Å². The van der Waals surface area contributed by atoms with Crippen LogP contribution >= 0.6 is 0 Å². The molecule has 2 aliphatic rings. The Labute approximate surface area is 164 Å². The van der Waals surface area contributed by atoms with Crippen molar-refractivity contribution in [2.45, 2.75) is 45.7 Å². The molecule has 146 valence electrons. The van der Waals surface area contributed by atoms with Crippen molar-refractivity contribution in [1.29, 1.82) is 0 Å². The van der Waals surface area contributed by atoms with Gasteiger partial charge in [0.25, 0.3) is 5.91 Å². The highest BCUT2D eigenvalue weighted by molar-refractivity contribution is 6.19. The van der Waals surface area contributed by atoms with Crippen molar-refractivity contribution >= 4 is 23.7 Å². The zero-order valence-electron chi connectivity index (χ0n) is 16.8. The fourth-order valence-electron chi connectivity index (χ4n) is 4.13. The monoisotopic (exact) mass is 380 g/mol. The second-order valence-corrected chi connectivity index (χ2v) is 7.73. The van der Waals surface area contributed by atoms with Gasteiger partial charge in [-0.2, -0.15) is 0 Å². The Morgan fingerprint density at radius 2 is 1.89 bits per heavy atom. The van der Waals surface area contributed by atoms with Gasteiger partial charge < -0.3 is 0 Å². The van der Waals surface area contributed by atoms with Crippen molar-refractivity contribution in [3.05, 3.63) is 47.8 Å². The number of aliphatic imine (C=N–C) groups is 1. The van der Waals surface area contributed by atoms with Gasteiger partial charge in [-0.3, -0.25) is 14.6 Å². The quantitative estimate of drug-likeness (QED) is 0.749. The fraction of sp³-hybridized carbons (Fsp3) is 0.429. The standard InChI is InChI=1S/C21H26N5O2/c1-14(2)26-15(3)13-25-17-18(22-20(25)26)23(4)21(28)24(19(17)27)12-8-11-16-9-6-5-7-10-16/h5-7,9-10,13-14,17H,8,11-12H2,1-4H3/q+1. The minimum absolute atomic E-state index is 0.195. The second kappa shape index (κ2) is 6.89. The summed E-state index contributed by atoms with van der Waals surface area (Å²) >= 11 is 0. The number of nitrogens with zero attached hydrogens (tertiary/aromatic N) is 5. The van der Waals surface area contributed by atoms with Gasteiger partial charge in [-0.25, -0.2) is 13.9 Å². The molecule has 0 spiro atoms. The van der Waals surface area contributed by atoms with Crippen LogP contribution in [0.1, 0.15) is 43.6 Å². The molecular weight excluding hydrogens is 354 g/mol. The van der Waals surface area contributed by atoms with E-state index < -0.39 is 6.04 Å². The molecule has 7 heteroatoms. The SMILES string of the molecule is Cc1c[n+]2c(n1C(C)C)N=C1C2C(=O)N(CCCc2ccccc2)C(=O)N1C. The fourth-order valence-corrected chi connectivity index (χ4v) is 4.13. The zero-order chi connectivity index (χ0) is 20.0. The number of amides is 3. The number of carbonyl (C=O) groups is 2. The number of rotatable bonds is 5. The third kappa shape index (κ3) is 2.82. The summed E-state index contributed by atoms with van der Waals surface area (Å²) in [4.78, 5) is 33.6.